The predicted molar refractivity (Wildman–Crippen MR) is 73.6 cm³/mol. The molecule has 0 saturated heterocycles. The highest BCUT2D eigenvalue weighted by molar-refractivity contribution is 6.32. The van der Waals surface area contributed by atoms with Crippen LogP contribution in [0.1, 0.15) is 22.7 Å². The quantitative estimate of drug-likeness (QED) is 0.864. The van der Waals surface area contributed by atoms with Crippen molar-refractivity contribution in [3.8, 4) is 0 Å². The SMILES string of the molecule is Cc1ccc(C(N)c2cc(F)ccc2Cl)c(Cl)c1. The maximum atomic E-state index is 13.2. The fourth-order valence-electron chi connectivity index (χ4n) is 1.80. The van der Waals surface area contributed by atoms with Crippen LogP contribution < -0.4 is 5.73 Å². The second-order valence-electron chi connectivity index (χ2n) is 4.17. The van der Waals surface area contributed by atoms with Crippen molar-refractivity contribution in [3.05, 3.63) is 69.0 Å². The summed E-state index contributed by atoms with van der Waals surface area (Å²) < 4.78 is 13.2. The van der Waals surface area contributed by atoms with E-state index in [0.717, 1.165) is 11.1 Å². The standard InChI is InChI=1S/C14H12Cl2FN/c1-8-2-4-10(13(16)6-8)14(18)11-7-9(17)3-5-12(11)15/h2-7,14H,18H2,1H3. The van der Waals surface area contributed by atoms with Crippen molar-refractivity contribution < 1.29 is 4.39 Å². The number of hydrogen-bond donors (Lipinski definition) is 1. The van der Waals surface area contributed by atoms with Gasteiger partial charge in [0, 0.05) is 10.0 Å². The maximum absolute atomic E-state index is 13.2. The lowest BCUT2D eigenvalue weighted by Crippen LogP contribution is -2.13. The Morgan fingerprint density at radius 3 is 2.39 bits per heavy atom. The molecule has 2 rings (SSSR count). The van der Waals surface area contributed by atoms with Gasteiger partial charge in [-0.25, -0.2) is 4.39 Å². The third-order valence-electron chi connectivity index (χ3n) is 2.78. The Morgan fingerprint density at radius 2 is 1.72 bits per heavy atom. The molecule has 1 nitrogen and oxygen atoms in total. The van der Waals surface area contributed by atoms with Crippen LogP contribution in [0.25, 0.3) is 0 Å². The Balaban J connectivity index is 2.47. The molecule has 0 spiro atoms. The average Bonchev–Trinajstić information content (AvgIpc) is 2.31. The summed E-state index contributed by atoms with van der Waals surface area (Å²) in [7, 11) is 0. The number of hydrogen-bond acceptors (Lipinski definition) is 1. The first-order valence-electron chi connectivity index (χ1n) is 5.45. The molecule has 1 atom stereocenters. The third kappa shape index (κ3) is 2.66. The highest BCUT2D eigenvalue weighted by atomic mass is 35.5. The normalized spacial score (nSPS) is 12.5. The summed E-state index contributed by atoms with van der Waals surface area (Å²) >= 11 is 12.2. The predicted octanol–water partition coefficient (Wildman–Crippen LogP) is 4.49. The number of halogens is 3. The van der Waals surface area contributed by atoms with Gasteiger partial charge in [-0.15, -0.1) is 0 Å². The van der Waals surface area contributed by atoms with Crippen LogP contribution in [0, 0.1) is 12.7 Å². The largest absolute Gasteiger partial charge is 0.320 e. The monoisotopic (exact) mass is 283 g/mol. The van der Waals surface area contributed by atoms with Gasteiger partial charge in [0.05, 0.1) is 6.04 Å². The molecule has 0 radical (unpaired) electrons. The smallest absolute Gasteiger partial charge is 0.123 e. The molecule has 2 N–H and O–H groups in total. The molecule has 0 bridgehead atoms. The first-order valence-corrected chi connectivity index (χ1v) is 6.21. The zero-order chi connectivity index (χ0) is 13.3. The van der Waals surface area contributed by atoms with Gasteiger partial charge >= 0.3 is 0 Å². The number of benzene rings is 2. The molecular weight excluding hydrogens is 272 g/mol. The van der Waals surface area contributed by atoms with Crippen molar-refractivity contribution in [2.75, 3.05) is 0 Å². The zero-order valence-electron chi connectivity index (χ0n) is 9.75. The Kier molecular flexibility index (Phi) is 3.91. The zero-order valence-corrected chi connectivity index (χ0v) is 11.3. The van der Waals surface area contributed by atoms with Crippen LogP contribution in [-0.4, -0.2) is 0 Å². The van der Waals surface area contributed by atoms with E-state index >= 15 is 0 Å². The van der Waals surface area contributed by atoms with Gasteiger partial charge in [0.25, 0.3) is 0 Å². The van der Waals surface area contributed by atoms with Crippen LogP contribution in [0.15, 0.2) is 36.4 Å². The van der Waals surface area contributed by atoms with Crippen LogP contribution in [0.2, 0.25) is 10.0 Å². The van der Waals surface area contributed by atoms with E-state index in [1.165, 1.54) is 18.2 Å². The van der Waals surface area contributed by atoms with E-state index in [-0.39, 0.29) is 5.82 Å². The molecule has 2 aromatic rings. The summed E-state index contributed by atoms with van der Waals surface area (Å²) in [6, 6.07) is 9.16. The first-order chi connectivity index (χ1) is 8.49. The van der Waals surface area contributed by atoms with Gasteiger partial charge in [0.15, 0.2) is 0 Å². The molecule has 94 valence electrons. The molecule has 0 aliphatic carbocycles. The van der Waals surface area contributed by atoms with E-state index in [2.05, 4.69) is 0 Å². The van der Waals surface area contributed by atoms with Crippen molar-refractivity contribution in [1.29, 1.82) is 0 Å². The van der Waals surface area contributed by atoms with Crippen LogP contribution in [-0.2, 0) is 0 Å². The summed E-state index contributed by atoms with van der Waals surface area (Å²) in [6.07, 6.45) is 0. The van der Waals surface area contributed by atoms with Gasteiger partial charge in [0.2, 0.25) is 0 Å². The fraction of sp³-hybridized carbons (Fsp3) is 0.143. The van der Waals surface area contributed by atoms with Gasteiger partial charge in [-0.2, -0.15) is 0 Å². The lowest BCUT2D eigenvalue weighted by Gasteiger charge is -2.16. The second kappa shape index (κ2) is 5.27. The molecule has 2 aromatic carbocycles. The van der Waals surface area contributed by atoms with E-state index in [1.54, 1.807) is 0 Å². The molecule has 18 heavy (non-hydrogen) atoms. The molecule has 4 heteroatoms. The van der Waals surface area contributed by atoms with Crippen LogP contribution >= 0.6 is 23.2 Å². The average molecular weight is 284 g/mol. The summed E-state index contributed by atoms with van der Waals surface area (Å²) in [6.45, 7) is 1.94. The van der Waals surface area contributed by atoms with E-state index in [9.17, 15) is 4.39 Å². The summed E-state index contributed by atoms with van der Waals surface area (Å²) in [5.41, 5.74) is 8.41. The van der Waals surface area contributed by atoms with Gasteiger partial charge in [-0.1, -0.05) is 35.3 Å². The van der Waals surface area contributed by atoms with Gasteiger partial charge in [-0.3, -0.25) is 0 Å². The van der Waals surface area contributed by atoms with Crippen molar-refractivity contribution in [2.45, 2.75) is 13.0 Å². The summed E-state index contributed by atoms with van der Waals surface area (Å²) in [4.78, 5) is 0. The van der Waals surface area contributed by atoms with Crippen LogP contribution in [0.5, 0.6) is 0 Å². The number of rotatable bonds is 2. The molecule has 0 aliphatic heterocycles. The van der Waals surface area contributed by atoms with Crippen LogP contribution in [0.4, 0.5) is 4.39 Å². The Morgan fingerprint density at radius 1 is 1.00 bits per heavy atom. The molecule has 0 aliphatic rings. The molecular formula is C14H12Cl2FN. The van der Waals surface area contributed by atoms with Crippen molar-refractivity contribution in [2.24, 2.45) is 5.73 Å². The van der Waals surface area contributed by atoms with E-state index in [1.807, 2.05) is 25.1 Å². The maximum Gasteiger partial charge on any atom is 0.123 e. The minimum atomic E-state index is -0.540. The molecule has 0 fully saturated rings. The van der Waals surface area contributed by atoms with E-state index < -0.39 is 6.04 Å². The topological polar surface area (TPSA) is 26.0 Å². The molecule has 0 aromatic heterocycles. The lowest BCUT2D eigenvalue weighted by atomic mass is 9.98. The second-order valence-corrected chi connectivity index (χ2v) is 4.98. The molecule has 1 unspecified atom stereocenters. The minimum absolute atomic E-state index is 0.368. The lowest BCUT2D eigenvalue weighted by molar-refractivity contribution is 0.623. The van der Waals surface area contributed by atoms with Crippen LogP contribution in [0.3, 0.4) is 0 Å². The van der Waals surface area contributed by atoms with Crippen molar-refractivity contribution in [3.63, 3.8) is 0 Å². The van der Waals surface area contributed by atoms with Gasteiger partial charge in [-0.05, 0) is 47.9 Å². The highest BCUT2D eigenvalue weighted by Gasteiger charge is 2.16. The van der Waals surface area contributed by atoms with Crippen molar-refractivity contribution in [1.82, 2.24) is 0 Å². The van der Waals surface area contributed by atoms with Gasteiger partial charge < -0.3 is 5.73 Å². The number of nitrogens with two attached hydrogens (primary N) is 1. The Labute approximate surface area is 115 Å². The first kappa shape index (κ1) is 13.3. The van der Waals surface area contributed by atoms with E-state index in [0.29, 0.717) is 15.6 Å². The summed E-state index contributed by atoms with van der Waals surface area (Å²) in [5, 5.41) is 0.989. The van der Waals surface area contributed by atoms with E-state index in [4.69, 9.17) is 28.9 Å². The summed E-state index contributed by atoms with van der Waals surface area (Å²) in [5.74, 6) is -0.368. The molecule has 0 amide bonds. The fourth-order valence-corrected chi connectivity index (χ4v) is 2.39. The van der Waals surface area contributed by atoms with Gasteiger partial charge in [0.1, 0.15) is 5.82 Å². The highest BCUT2D eigenvalue weighted by Crippen LogP contribution is 2.31. The molecule has 0 heterocycles. The molecule has 0 saturated carbocycles. The van der Waals surface area contributed by atoms with Crippen molar-refractivity contribution >= 4 is 23.2 Å². The minimum Gasteiger partial charge on any atom is -0.320 e. The number of aryl methyl sites for hydroxylation is 1. The Bertz CT molecular complexity index is 584. The third-order valence-corrected chi connectivity index (χ3v) is 3.46. The Hall–Kier alpha value is -1.09.